The van der Waals surface area contributed by atoms with Crippen molar-refractivity contribution in [2.45, 2.75) is 41.4 Å². The molecule has 34 heavy (non-hydrogen) atoms. The number of thioether (sulfide) groups is 2. The molecule has 0 bridgehead atoms. The molecule has 0 aliphatic rings. The molecule has 0 saturated carbocycles. The van der Waals surface area contributed by atoms with Gasteiger partial charge in [0.15, 0.2) is 10.3 Å². The standard InChI is InChI=1S/C25H25N5OS3/c1-4-14-30-22(16-32-20-12-10-17(2)11-13-20)28-29-25(30)34-18(3)23(31)27-24-26-21(15-33-24)19-8-6-5-7-9-19/h4-13,15,18H,1,14,16H2,2-3H3,(H,26,27,31). The lowest BCUT2D eigenvalue weighted by atomic mass is 10.2. The van der Waals surface area contributed by atoms with Gasteiger partial charge in [0, 0.05) is 22.4 Å². The predicted octanol–water partition coefficient (Wildman–Crippen LogP) is 6.31. The van der Waals surface area contributed by atoms with Gasteiger partial charge in [0.1, 0.15) is 5.82 Å². The number of amides is 1. The van der Waals surface area contributed by atoms with Crippen LogP contribution in [0.5, 0.6) is 0 Å². The first kappa shape index (κ1) is 24.3. The lowest BCUT2D eigenvalue weighted by molar-refractivity contribution is -0.115. The second-order valence-electron chi connectivity index (χ2n) is 7.55. The second kappa shape index (κ2) is 11.5. The molecule has 1 atom stereocenters. The minimum atomic E-state index is -0.366. The number of anilines is 1. The summed E-state index contributed by atoms with van der Waals surface area (Å²) in [6.07, 6.45) is 1.82. The number of aryl methyl sites for hydroxylation is 1. The van der Waals surface area contributed by atoms with Crippen LogP contribution in [0.3, 0.4) is 0 Å². The zero-order valence-electron chi connectivity index (χ0n) is 19.0. The third-order valence-corrected chi connectivity index (χ3v) is 7.80. The van der Waals surface area contributed by atoms with Crippen LogP contribution in [0.4, 0.5) is 5.13 Å². The Kier molecular flexibility index (Phi) is 8.21. The van der Waals surface area contributed by atoms with Crippen molar-refractivity contribution in [1.82, 2.24) is 19.7 Å². The highest BCUT2D eigenvalue weighted by atomic mass is 32.2. The van der Waals surface area contributed by atoms with Gasteiger partial charge in [-0.1, -0.05) is 65.9 Å². The zero-order valence-corrected chi connectivity index (χ0v) is 21.4. The summed E-state index contributed by atoms with van der Waals surface area (Å²) >= 11 is 4.51. The van der Waals surface area contributed by atoms with Gasteiger partial charge in [-0.05, 0) is 26.0 Å². The van der Waals surface area contributed by atoms with E-state index in [-0.39, 0.29) is 11.2 Å². The van der Waals surface area contributed by atoms with E-state index >= 15 is 0 Å². The van der Waals surface area contributed by atoms with E-state index in [2.05, 4.69) is 58.3 Å². The fourth-order valence-corrected chi connectivity index (χ4v) is 5.54. The summed E-state index contributed by atoms with van der Waals surface area (Å²) in [6, 6.07) is 18.3. The normalized spacial score (nSPS) is 11.8. The molecular formula is C25H25N5OS3. The molecule has 6 nitrogen and oxygen atoms in total. The van der Waals surface area contributed by atoms with Gasteiger partial charge in [0.25, 0.3) is 0 Å². The van der Waals surface area contributed by atoms with E-state index < -0.39 is 0 Å². The van der Waals surface area contributed by atoms with Crippen LogP contribution in [-0.4, -0.2) is 30.9 Å². The highest BCUT2D eigenvalue weighted by Crippen LogP contribution is 2.29. The number of rotatable bonds is 10. The van der Waals surface area contributed by atoms with E-state index in [9.17, 15) is 4.79 Å². The van der Waals surface area contributed by atoms with Crippen molar-refractivity contribution in [1.29, 1.82) is 0 Å². The number of hydrogen-bond acceptors (Lipinski definition) is 7. The van der Waals surface area contributed by atoms with Gasteiger partial charge >= 0.3 is 0 Å². The van der Waals surface area contributed by atoms with Crippen molar-refractivity contribution >= 4 is 45.9 Å². The minimum absolute atomic E-state index is 0.123. The van der Waals surface area contributed by atoms with E-state index in [1.807, 2.05) is 53.3 Å². The molecule has 2 heterocycles. The van der Waals surface area contributed by atoms with Crippen LogP contribution in [0, 0.1) is 6.92 Å². The summed E-state index contributed by atoms with van der Waals surface area (Å²) in [5, 5.41) is 14.5. The summed E-state index contributed by atoms with van der Waals surface area (Å²) < 4.78 is 2.01. The minimum Gasteiger partial charge on any atom is -0.301 e. The third-order valence-electron chi connectivity index (χ3n) is 4.95. The van der Waals surface area contributed by atoms with Crippen molar-refractivity contribution in [3.8, 4) is 11.3 Å². The van der Waals surface area contributed by atoms with E-state index in [4.69, 9.17) is 0 Å². The molecular weight excluding hydrogens is 483 g/mol. The molecule has 1 unspecified atom stereocenters. The monoisotopic (exact) mass is 507 g/mol. The van der Waals surface area contributed by atoms with Gasteiger partial charge in [0.2, 0.25) is 5.91 Å². The fraction of sp³-hybridized carbons (Fsp3) is 0.200. The Hall–Kier alpha value is -2.88. The summed E-state index contributed by atoms with van der Waals surface area (Å²) in [4.78, 5) is 18.6. The maximum atomic E-state index is 12.8. The molecule has 0 aliphatic carbocycles. The first-order valence-corrected chi connectivity index (χ1v) is 13.5. The molecule has 4 rings (SSSR count). The van der Waals surface area contributed by atoms with Gasteiger partial charge in [-0.3, -0.25) is 4.79 Å². The number of allylic oxidation sites excluding steroid dienone is 1. The first-order chi connectivity index (χ1) is 16.5. The average Bonchev–Trinajstić information content (AvgIpc) is 3.47. The quantitative estimate of drug-likeness (QED) is 0.200. The Bertz CT molecular complexity index is 1250. The third kappa shape index (κ3) is 6.16. The maximum absolute atomic E-state index is 12.8. The van der Waals surface area contributed by atoms with Gasteiger partial charge in [-0.25, -0.2) is 4.98 Å². The molecule has 0 saturated heterocycles. The van der Waals surface area contributed by atoms with Crippen LogP contribution in [-0.2, 0) is 17.1 Å². The van der Waals surface area contributed by atoms with Crippen LogP contribution in [0.1, 0.15) is 18.3 Å². The van der Waals surface area contributed by atoms with Crippen molar-refractivity contribution < 1.29 is 4.79 Å². The van der Waals surface area contributed by atoms with E-state index in [0.717, 1.165) is 17.1 Å². The molecule has 1 N–H and O–H groups in total. The highest BCUT2D eigenvalue weighted by Gasteiger charge is 2.21. The van der Waals surface area contributed by atoms with Crippen molar-refractivity contribution in [2.24, 2.45) is 0 Å². The molecule has 2 aromatic heterocycles. The van der Waals surface area contributed by atoms with E-state index in [1.165, 1.54) is 33.6 Å². The molecule has 0 radical (unpaired) electrons. The molecule has 174 valence electrons. The molecule has 0 spiro atoms. The Morgan fingerprint density at radius 3 is 2.68 bits per heavy atom. The van der Waals surface area contributed by atoms with Crippen LogP contribution < -0.4 is 5.32 Å². The van der Waals surface area contributed by atoms with E-state index in [1.54, 1.807) is 11.8 Å². The Balaban J connectivity index is 1.39. The fourth-order valence-electron chi connectivity index (χ4n) is 3.10. The topological polar surface area (TPSA) is 72.7 Å². The SMILES string of the molecule is C=CCn1c(CSc2ccc(C)cc2)nnc1SC(C)C(=O)Nc1nc(-c2ccccc2)cs1. The number of carbonyl (C=O) groups excluding carboxylic acids is 1. The van der Waals surface area contributed by atoms with Crippen LogP contribution in [0.25, 0.3) is 11.3 Å². The predicted molar refractivity (Wildman–Crippen MR) is 142 cm³/mol. The number of carbonyl (C=O) groups is 1. The first-order valence-electron chi connectivity index (χ1n) is 10.7. The van der Waals surface area contributed by atoms with Crippen LogP contribution in [0.2, 0.25) is 0 Å². The molecule has 1 amide bonds. The van der Waals surface area contributed by atoms with Gasteiger partial charge < -0.3 is 9.88 Å². The molecule has 9 heteroatoms. The number of benzene rings is 2. The smallest absolute Gasteiger partial charge is 0.239 e. The zero-order chi connectivity index (χ0) is 23.9. The Morgan fingerprint density at radius 2 is 1.94 bits per heavy atom. The lowest BCUT2D eigenvalue weighted by Gasteiger charge is -2.12. The summed E-state index contributed by atoms with van der Waals surface area (Å²) in [5.74, 6) is 1.42. The number of hydrogen-bond donors (Lipinski definition) is 1. The Labute approximate surface area is 211 Å². The summed E-state index contributed by atoms with van der Waals surface area (Å²) in [7, 11) is 0. The Morgan fingerprint density at radius 1 is 1.18 bits per heavy atom. The second-order valence-corrected chi connectivity index (χ2v) is 10.8. The molecule has 2 aromatic carbocycles. The van der Waals surface area contributed by atoms with E-state index in [0.29, 0.717) is 22.6 Å². The molecule has 4 aromatic rings. The molecule has 0 fully saturated rings. The van der Waals surface area contributed by atoms with Crippen molar-refractivity contribution in [3.63, 3.8) is 0 Å². The number of thiazole rings is 1. The van der Waals surface area contributed by atoms with Crippen LogP contribution in [0.15, 0.2) is 82.7 Å². The van der Waals surface area contributed by atoms with Gasteiger partial charge in [-0.15, -0.1) is 39.9 Å². The highest BCUT2D eigenvalue weighted by molar-refractivity contribution is 8.00. The lowest BCUT2D eigenvalue weighted by Crippen LogP contribution is -2.23. The maximum Gasteiger partial charge on any atom is 0.239 e. The van der Waals surface area contributed by atoms with Gasteiger partial charge in [-0.2, -0.15) is 0 Å². The van der Waals surface area contributed by atoms with Crippen molar-refractivity contribution in [2.75, 3.05) is 5.32 Å². The summed E-state index contributed by atoms with van der Waals surface area (Å²) in [6.45, 7) is 8.38. The number of aromatic nitrogens is 4. The number of nitrogens with zero attached hydrogens (tertiary/aromatic N) is 4. The van der Waals surface area contributed by atoms with Crippen molar-refractivity contribution in [3.05, 3.63) is 84.0 Å². The largest absolute Gasteiger partial charge is 0.301 e. The summed E-state index contributed by atoms with van der Waals surface area (Å²) in [5.41, 5.74) is 3.11. The average molecular weight is 508 g/mol. The van der Waals surface area contributed by atoms with Gasteiger partial charge in [0.05, 0.1) is 16.7 Å². The van der Waals surface area contributed by atoms with Crippen LogP contribution >= 0.6 is 34.9 Å². The molecule has 0 aliphatic heterocycles. The number of nitrogens with one attached hydrogen (secondary N) is 1.